The second-order valence-corrected chi connectivity index (χ2v) is 14.3. The number of aryl methyl sites for hydroxylation is 2. The molecule has 7 rings (SSSR count). The molecule has 1 amide bonds. The molecule has 3 aromatic carbocycles. The fraction of sp³-hybridized carbons (Fsp3) is 0.415. The molecule has 2 aliphatic rings. The van der Waals surface area contributed by atoms with Gasteiger partial charge in [-0.05, 0) is 66.3 Å². The number of carbonyl (C=O) groups excluding carboxylic acids is 1. The summed E-state index contributed by atoms with van der Waals surface area (Å²) in [5, 5.41) is 31.6. The largest absolute Gasteiger partial charge is 0.507 e. The van der Waals surface area contributed by atoms with Crippen molar-refractivity contribution in [2.24, 2.45) is 7.05 Å². The van der Waals surface area contributed by atoms with E-state index in [1.54, 1.807) is 28.3 Å². The lowest BCUT2D eigenvalue weighted by atomic mass is 10.0. The molecule has 14 nitrogen and oxygen atoms in total. The van der Waals surface area contributed by atoms with Crippen molar-refractivity contribution in [3.63, 3.8) is 0 Å². The number of benzene rings is 3. The average molecular weight is 751 g/mol. The highest BCUT2D eigenvalue weighted by atomic mass is 16.5. The summed E-state index contributed by atoms with van der Waals surface area (Å²) in [4.78, 5) is 29.6. The number of hydrogen-bond acceptors (Lipinski definition) is 11. The number of amides is 1. The van der Waals surface area contributed by atoms with Gasteiger partial charge >= 0.3 is 5.69 Å². The van der Waals surface area contributed by atoms with E-state index in [0.717, 1.165) is 79.8 Å². The quantitative estimate of drug-likeness (QED) is 0.116. The van der Waals surface area contributed by atoms with Gasteiger partial charge in [0, 0.05) is 70.5 Å². The summed E-state index contributed by atoms with van der Waals surface area (Å²) in [5.74, 6) is 0.298. The number of imidazole rings is 1. The number of fused-ring (bicyclic) bond motifs is 1. The van der Waals surface area contributed by atoms with Crippen LogP contribution in [0.1, 0.15) is 36.4 Å². The molecule has 2 unspecified atom stereocenters. The van der Waals surface area contributed by atoms with Crippen LogP contribution in [0.5, 0.6) is 5.75 Å². The Labute approximate surface area is 320 Å². The fourth-order valence-electron chi connectivity index (χ4n) is 7.49. The molecule has 0 aliphatic carbocycles. The number of nitrogens with zero attached hydrogens (tertiary/aromatic N) is 6. The highest BCUT2D eigenvalue weighted by molar-refractivity contribution is 5.80. The molecule has 14 heteroatoms. The van der Waals surface area contributed by atoms with Gasteiger partial charge in [0.1, 0.15) is 12.0 Å². The molecule has 5 N–H and O–H groups in total. The second kappa shape index (κ2) is 17.6. The smallest absolute Gasteiger partial charge is 0.329 e. The molecule has 5 aromatic rings. The van der Waals surface area contributed by atoms with Gasteiger partial charge in [-0.1, -0.05) is 42.5 Å². The minimum atomic E-state index is -1.09. The van der Waals surface area contributed by atoms with Crippen LogP contribution in [-0.4, -0.2) is 111 Å². The maximum absolute atomic E-state index is 13.0. The van der Waals surface area contributed by atoms with Gasteiger partial charge in [0.25, 0.3) is 0 Å². The maximum atomic E-state index is 13.0. The highest BCUT2D eigenvalue weighted by Crippen LogP contribution is 2.32. The number of piperidine rings is 1. The summed E-state index contributed by atoms with van der Waals surface area (Å²) >= 11 is 0. The molecule has 2 aromatic heterocycles. The van der Waals surface area contributed by atoms with Crippen LogP contribution in [0.15, 0.2) is 77.6 Å². The molecule has 4 heterocycles. The van der Waals surface area contributed by atoms with E-state index < -0.39 is 12.3 Å². The number of nitrogen functional groups attached to an aromatic ring is 1. The van der Waals surface area contributed by atoms with Gasteiger partial charge in [-0.25, -0.2) is 4.79 Å². The molecule has 2 fully saturated rings. The molecule has 290 valence electrons. The Bertz CT molecular complexity index is 2140. The number of aliphatic hydroxyl groups is 1. The molecular weight excluding hydrogens is 701 g/mol. The van der Waals surface area contributed by atoms with Gasteiger partial charge in [-0.15, -0.1) is 10.2 Å². The Hall–Kier alpha value is -5.12. The van der Waals surface area contributed by atoms with Gasteiger partial charge in [0.15, 0.2) is 5.82 Å². The second-order valence-electron chi connectivity index (χ2n) is 14.3. The molecule has 55 heavy (non-hydrogen) atoms. The number of nitrogens with one attached hydrogen (secondary N) is 1. The molecule has 0 spiro atoms. The standard InChI is InChI=1S/C41H50N8O6/c1-46-36-25-28(10-13-34(36)49(41(46)53)35-14-15-38(51)43-40(35)52)5-4-21-54-23-24-55-22-20-47-16-18-48(19-17-47)27-29-8-11-30(12-9-29)32-26-33(44-45-39(32)42)31-6-2-3-7-37(31)50/h2-3,6-13,25-26,35,40,50,52H,4-5,14-24,27H2,1H3,(H2,42,45)(H,43,51). The van der Waals surface area contributed by atoms with Crippen molar-refractivity contribution in [2.75, 3.05) is 64.9 Å². The first-order valence-electron chi connectivity index (χ1n) is 19.0. The molecular formula is C41H50N8O6. The van der Waals surface area contributed by atoms with Gasteiger partial charge in [-0.3, -0.25) is 23.7 Å². The van der Waals surface area contributed by atoms with Crippen molar-refractivity contribution < 1.29 is 24.5 Å². The monoisotopic (exact) mass is 750 g/mol. The molecule has 0 saturated carbocycles. The summed E-state index contributed by atoms with van der Waals surface area (Å²) in [5.41, 5.74) is 12.8. The third kappa shape index (κ3) is 9.06. The fourth-order valence-corrected chi connectivity index (χ4v) is 7.49. The predicted molar refractivity (Wildman–Crippen MR) is 210 cm³/mol. The van der Waals surface area contributed by atoms with Crippen LogP contribution < -0.4 is 16.7 Å². The first kappa shape index (κ1) is 38.2. The van der Waals surface area contributed by atoms with Crippen molar-refractivity contribution in [3.05, 3.63) is 94.4 Å². The predicted octanol–water partition coefficient (Wildman–Crippen LogP) is 3.30. The number of hydrogen-bond donors (Lipinski definition) is 4. The van der Waals surface area contributed by atoms with E-state index in [2.05, 4.69) is 49.6 Å². The number of nitrogens with two attached hydrogens (primary N) is 1. The first-order valence-corrected chi connectivity index (χ1v) is 19.0. The molecule has 0 bridgehead atoms. The van der Waals surface area contributed by atoms with Crippen LogP contribution in [0.4, 0.5) is 5.82 Å². The summed E-state index contributed by atoms with van der Waals surface area (Å²) in [6.45, 7) is 8.16. The van der Waals surface area contributed by atoms with Crippen LogP contribution in [0.25, 0.3) is 33.4 Å². The van der Waals surface area contributed by atoms with Crippen molar-refractivity contribution >= 4 is 22.8 Å². The number of anilines is 1. The van der Waals surface area contributed by atoms with Crippen LogP contribution in [0.2, 0.25) is 0 Å². The third-order valence-electron chi connectivity index (χ3n) is 10.6. The molecule has 2 saturated heterocycles. The Kier molecular flexibility index (Phi) is 12.2. The van der Waals surface area contributed by atoms with E-state index in [4.69, 9.17) is 15.2 Å². The van der Waals surface area contributed by atoms with E-state index in [1.807, 2.05) is 36.4 Å². The Morgan fingerprint density at radius 1 is 0.836 bits per heavy atom. The van der Waals surface area contributed by atoms with Crippen molar-refractivity contribution in [3.8, 4) is 28.1 Å². The van der Waals surface area contributed by atoms with Crippen LogP contribution in [0.3, 0.4) is 0 Å². The summed E-state index contributed by atoms with van der Waals surface area (Å²) in [6, 6.07) is 22.8. The van der Waals surface area contributed by atoms with Gasteiger partial charge in [0.05, 0.1) is 42.6 Å². The number of phenols is 1. The number of carbonyl (C=O) groups is 1. The molecule has 0 radical (unpaired) electrons. The average Bonchev–Trinajstić information content (AvgIpc) is 3.43. The Morgan fingerprint density at radius 2 is 1.56 bits per heavy atom. The lowest BCUT2D eigenvalue weighted by Crippen LogP contribution is -2.47. The van der Waals surface area contributed by atoms with Gasteiger partial charge in [0.2, 0.25) is 5.91 Å². The zero-order valence-electron chi connectivity index (χ0n) is 31.3. The van der Waals surface area contributed by atoms with Crippen molar-refractivity contribution in [1.29, 1.82) is 0 Å². The Morgan fingerprint density at radius 3 is 2.33 bits per heavy atom. The van der Waals surface area contributed by atoms with E-state index in [0.29, 0.717) is 49.9 Å². The lowest BCUT2D eigenvalue weighted by Gasteiger charge is -2.34. The topological polar surface area (TPSA) is 173 Å². The van der Waals surface area contributed by atoms with Crippen LogP contribution >= 0.6 is 0 Å². The van der Waals surface area contributed by atoms with E-state index in [1.165, 1.54) is 5.56 Å². The number of phenolic OH excluding ortho intramolecular Hbond substituents is 1. The SMILES string of the molecule is Cn1c(=O)n(C2CCC(=O)NC2O)c2ccc(CCCOCCOCCN3CCN(Cc4ccc(-c5cc(-c6ccccc6O)nnc5N)cc4)CC3)cc21. The normalized spacial score (nSPS) is 18.2. The maximum Gasteiger partial charge on any atom is 0.329 e. The number of ether oxygens (including phenoxy) is 2. The number of rotatable bonds is 15. The summed E-state index contributed by atoms with van der Waals surface area (Å²) in [6.07, 6.45) is 1.27. The minimum absolute atomic E-state index is 0.152. The van der Waals surface area contributed by atoms with Gasteiger partial charge < -0.3 is 30.7 Å². The number of aliphatic hydroxyl groups excluding tert-OH is 1. The minimum Gasteiger partial charge on any atom is -0.507 e. The highest BCUT2D eigenvalue weighted by Gasteiger charge is 2.31. The zero-order chi connectivity index (χ0) is 38.3. The van der Waals surface area contributed by atoms with Gasteiger partial charge in [-0.2, -0.15) is 0 Å². The third-order valence-corrected chi connectivity index (χ3v) is 10.6. The van der Waals surface area contributed by atoms with E-state index in [9.17, 15) is 19.8 Å². The first-order chi connectivity index (χ1) is 26.7. The molecule has 2 atom stereocenters. The molecule has 2 aliphatic heterocycles. The number of para-hydroxylation sites is 1. The van der Waals surface area contributed by atoms with Crippen molar-refractivity contribution in [1.82, 2.24) is 34.4 Å². The van der Waals surface area contributed by atoms with Crippen LogP contribution in [0, 0.1) is 0 Å². The van der Waals surface area contributed by atoms with E-state index in [-0.39, 0.29) is 23.8 Å². The number of aromatic hydroxyl groups is 1. The number of aromatic nitrogens is 4. The van der Waals surface area contributed by atoms with Crippen molar-refractivity contribution in [2.45, 2.75) is 44.5 Å². The Balaban J connectivity index is 0.769. The van der Waals surface area contributed by atoms with Crippen LogP contribution in [-0.2, 0) is 34.3 Å². The lowest BCUT2D eigenvalue weighted by molar-refractivity contribution is -0.128. The zero-order valence-corrected chi connectivity index (χ0v) is 31.3. The summed E-state index contributed by atoms with van der Waals surface area (Å²) in [7, 11) is 1.74. The number of piperazine rings is 1. The summed E-state index contributed by atoms with van der Waals surface area (Å²) < 4.78 is 14.9. The van der Waals surface area contributed by atoms with E-state index >= 15 is 0 Å².